The van der Waals surface area contributed by atoms with Gasteiger partial charge < -0.3 is 20.5 Å². The van der Waals surface area contributed by atoms with Crippen molar-refractivity contribution in [3.63, 3.8) is 0 Å². The van der Waals surface area contributed by atoms with Crippen LogP contribution in [0.15, 0.2) is 60.9 Å². The molecule has 0 radical (unpaired) electrons. The lowest BCUT2D eigenvalue weighted by Gasteiger charge is -2.18. The number of carboxylic acid groups (broad SMARTS) is 1. The zero-order valence-corrected chi connectivity index (χ0v) is 18.2. The van der Waals surface area contributed by atoms with Crippen molar-refractivity contribution in [2.75, 3.05) is 13.2 Å². The molecule has 0 fully saturated rings. The summed E-state index contributed by atoms with van der Waals surface area (Å²) in [4.78, 5) is 42.1. The molecule has 0 saturated carbocycles. The Labute approximate surface area is 198 Å². The lowest BCUT2D eigenvalue weighted by molar-refractivity contribution is -0.144. The standard InChI is InChI=1S/C24H20F2N4O5/c25-24(26,22(33)29-11-20-27-9-14(10-28-20)21(31)32)13-30-23(34)35-12-19-17-7-3-1-5-15(17)16-6-2-4-8-18(16)19/h1-10,19H,11-13H2,(H,29,33)(H,30,34)(H,31,32). The summed E-state index contributed by atoms with van der Waals surface area (Å²) in [5, 5.41) is 12.7. The second-order valence-electron chi connectivity index (χ2n) is 7.76. The van der Waals surface area contributed by atoms with Gasteiger partial charge in [-0.1, -0.05) is 48.5 Å². The van der Waals surface area contributed by atoms with Crippen LogP contribution in [0.4, 0.5) is 13.6 Å². The van der Waals surface area contributed by atoms with E-state index in [0.29, 0.717) is 0 Å². The third kappa shape index (κ3) is 5.24. The molecule has 3 aromatic rings. The van der Waals surface area contributed by atoms with Gasteiger partial charge in [0.05, 0.1) is 18.7 Å². The number of amides is 2. The van der Waals surface area contributed by atoms with Gasteiger partial charge in [0, 0.05) is 18.3 Å². The van der Waals surface area contributed by atoms with Crippen molar-refractivity contribution < 1.29 is 33.0 Å². The highest BCUT2D eigenvalue weighted by Gasteiger charge is 2.39. The summed E-state index contributed by atoms with van der Waals surface area (Å²) in [5.74, 6) is -7.10. The predicted octanol–water partition coefficient (Wildman–Crippen LogP) is 2.97. The van der Waals surface area contributed by atoms with Crippen LogP contribution in [0.1, 0.15) is 33.2 Å². The minimum absolute atomic E-state index is 0.0522. The van der Waals surface area contributed by atoms with Gasteiger partial charge in [-0.15, -0.1) is 0 Å². The minimum Gasteiger partial charge on any atom is -0.478 e. The number of carbonyl (C=O) groups excluding carboxylic acids is 2. The highest BCUT2D eigenvalue weighted by molar-refractivity contribution is 5.86. The number of ether oxygens (including phenoxy) is 1. The van der Waals surface area contributed by atoms with Crippen LogP contribution in [-0.2, 0) is 16.1 Å². The van der Waals surface area contributed by atoms with Gasteiger partial charge in [-0.2, -0.15) is 8.78 Å². The van der Waals surface area contributed by atoms with E-state index in [1.807, 2.05) is 59.2 Å². The zero-order valence-electron chi connectivity index (χ0n) is 18.2. The molecular weight excluding hydrogens is 462 g/mol. The van der Waals surface area contributed by atoms with Gasteiger partial charge in [0.25, 0.3) is 5.91 Å². The number of aromatic nitrogens is 2. The first kappa shape index (κ1) is 23.7. The summed E-state index contributed by atoms with van der Waals surface area (Å²) in [6, 6.07) is 15.4. The molecule has 0 unspecified atom stereocenters. The highest BCUT2D eigenvalue weighted by atomic mass is 19.3. The van der Waals surface area contributed by atoms with E-state index in [9.17, 15) is 23.2 Å². The Morgan fingerprint density at radius 2 is 1.51 bits per heavy atom. The monoisotopic (exact) mass is 482 g/mol. The van der Waals surface area contributed by atoms with E-state index in [1.54, 1.807) is 0 Å². The van der Waals surface area contributed by atoms with E-state index in [4.69, 9.17) is 9.84 Å². The Morgan fingerprint density at radius 1 is 0.943 bits per heavy atom. The molecule has 4 rings (SSSR count). The Morgan fingerprint density at radius 3 is 2.09 bits per heavy atom. The smallest absolute Gasteiger partial charge is 0.407 e. The molecule has 1 aliphatic rings. The van der Waals surface area contributed by atoms with Gasteiger partial charge in [0.15, 0.2) is 0 Å². The second kappa shape index (κ2) is 9.84. The molecule has 35 heavy (non-hydrogen) atoms. The van der Waals surface area contributed by atoms with E-state index in [-0.39, 0.29) is 23.9 Å². The van der Waals surface area contributed by atoms with E-state index in [0.717, 1.165) is 34.6 Å². The summed E-state index contributed by atoms with van der Waals surface area (Å²) in [7, 11) is 0. The fourth-order valence-corrected chi connectivity index (χ4v) is 3.76. The normalized spacial score (nSPS) is 12.4. The van der Waals surface area contributed by atoms with E-state index in [2.05, 4.69) is 9.97 Å². The molecule has 3 N–H and O–H groups in total. The van der Waals surface area contributed by atoms with Crippen molar-refractivity contribution in [3.05, 3.63) is 83.4 Å². The fraction of sp³-hybridized carbons (Fsp3) is 0.208. The van der Waals surface area contributed by atoms with Gasteiger partial charge in [-0.3, -0.25) is 4.79 Å². The molecule has 180 valence electrons. The Bertz CT molecular complexity index is 1220. The van der Waals surface area contributed by atoms with Crippen molar-refractivity contribution in [1.82, 2.24) is 20.6 Å². The summed E-state index contributed by atoms with van der Waals surface area (Å²) in [6.07, 6.45) is 0.911. The Hall–Kier alpha value is -4.41. The van der Waals surface area contributed by atoms with Crippen LogP contribution in [0.5, 0.6) is 0 Å². The zero-order chi connectivity index (χ0) is 25.0. The number of benzene rings is 2. The molecule has 0 bridgehead atoms. The molecule has 0 spiro atoms. The topological polar surface area (TPSA) is 131 Å². The molecule has 0 saturated heterocycles. The van der Waals surface area contributed by atoms with Crippen LogP contribution in [-0.4, -0.2) is 52.1 Å². The van der Waals surface area contributed by atoms with Crippen LogP contribution < -0.4 is 10.6 Å². The van der Waals surface area contributed by atoms with Crippen molar-refractivity contribution >= 4 is 18.0 Å². The van der Waals surface area contributed by atoms with Crippen LogP contribution in [0.2, 0.25) is 0 Å². The number of rotatable bonds is 8. The number of nitrogens with one attached hydrogen (secondary N) is 2. The molecular formula is C24H20F2N4O5. The maximum absolute atomic E-state index is 14.2. The molecule has 2 amide bonds. The van der Waals surface area contributed by atoms with Crippen LogP contribution in [0.25, 0.3) is 11.1 Å². The predicted molar refractivity (Wildman–Crippen MR) is 119 cm³/mol. The SMILES string of the molecule is O=C(NCC(F)(F)C(=O)NCc1ncc(C(=O)O)cn1)OCC1c2ccccc2-c2ccccc21. The number of hydrogen-bond donors (Lipinski definition) is 3. The van der Waals surface area contributed by atoms with E-state index < -0.39 is 37.0 Å². The van der Waals surface area contributed by atoms with Gasteiger partial charge in [-0.25, -0.2) is 19.6 Å². The average Bonchev–Trinajstić information content (AvgIpc) is 3.18. The van der Waals surface area contributed by atoms with Crippen molar-refractivity contribution in [2.24, 2.45) is 0 Å². The highest BCUT2D eigenvalue weighted by Crippen LogP contribution is 2.44. The third-order valence-electron chi connectivity index (χ3n) is 5.49. The summed E-state index contributed by atoms with van der Waals surface area (Å²) < 4.78 is 33.6. The lowest BCUT2D eigenvalue weighted by Crippen LogP contribution is -2.48. The number of carbonyl (C=O) groups is 3. The Balaban J connectivity index is 1.28. The minimum atomic E-state index is -3.92. The van der Waals surface area contributed by atoms with Gasteiger partial charge in [-0.05, 0) is 22.3 Å². The number of alkyl halides is 2. The number of hydrogen-bond acceptors (Lipinski definition) is 6. The number of alkyl carbamates (subject to hydrolysis) is 1. The van der Waals surface area contributed by atoms with Crippen molar-refractivity contribution in [3.8, 4) is 11.1 Å². The van der Waals surface area contributed by atoms with Gasteiger partial charge in [0.1, 0.15) is 12.4 Å². The number of carboxylic acids is 1. The molecule has 1 heterocycles. The first-order valence-corrected chi connectivity index (χ1v) is 10.6. The van der Waals surface area contributed by atoms with Crippen molar-refractivity contribution in [1.29, 1.82) is 0 Å². The van der Waals surface area contributed by atoms with Crippen LogP contribution in [0.3, 0.4) is 0 Å². The number of aromatic carboxylic acids is 1. The van der Waals surface area contributed by atoms with Gasteiger partial charge >= 0.3 is 18.0 Å². The molecule has 1 aromatic heterocycles. The third-order valence-corrected chi connectivity index (χ3v) is 5.49. The van der Waals surface area contributed by atoms with E-state index >= 15 is 0 Å². The number of nitrogens with zero attached hydrogens (tertiary/aromatic N) is 2. The summed E-state index contributed by atoms with van der Waals surface area (Å²) in [5.41, 5.74) is 3.83. The number of fused-ring (bicyclic) bond motifs is 3. The van der Waals surface area contributed by atoms with Crippen molar-refractivity contribution in [2.45, 2.75) is 18.4 Å². The van der Waals surface area contributed by atoms with Crippen LogP contribution in [0, 0.1) is 0 Å². The lowest BCUT2D eigenvalue weighted by atomic mass is 9.98. The van der Waals surface area contributed by atoms with Crippen LogP contribution >= 0.6 is 0 Å². The molecule has 0 atom stereocenters. The van der Waals surface area contributed by atoms with Gasteiger partial charge in [0.2, 0.25) is 0 Å². The fourth-order valence-electron chi connectivity index (χ4n) is 3.76. The summed E-state index contributed by atoms with van der Waals surface area (Å²) in [6.45, 7) is -1.77. The molecule has 11 heteroatoms. The summed E-state index contributed by atoms with van der Waals surface area (Å²) >= 11 is 0. The number of halogens is 2. The van der Waals surface area contributed by atoms with E-state index in [1.165, 1.54) is 0 Å². The first-order chi connectivity index (χ1) is 16.8. The Kier molecular flexibility index (Phi) is 6.67. The molecule has 9 nitrogen and oxygen atoms in total. The largest absolute Gasteiger partial charge is 0.478 e. The first-order valence-electron chi connectivity index (χ1n) is 10.6. The molecule has 2 aromatic carbocycles. The average molecular weight is 482 g/mol. The molecule has 1 aliphatic carbocycles. The second-order valence-corrected chi connectivity index (χ2v) is 7.76. The maximum atomic E-state index is 14.2. The molecule has 0 aliphatic heterocycles. The quantitative estimate of drug-likeness (QED) is 0.450. The maximum Gasteiger partial charge on any atom is 0.407 e.